The third kappa shape index (κ3) is 5.75. The lowest BCUT2D eigenvalue weighted by molar-refractivity contribution is 0.669. The summed E-state index contributed by atoms with van der Waals surface area (Å²) in [6.07, 6.45) is 0. The smallest absolute Gasteiger partial charge is 0.137 e. The Hall–Kier alpha value is -8.40. The van der Waals surface area contributed by atoms with Crippen LogP contribution in [0.15, 0.2) is 235 Å². The molecular formula is C60H38N2O. The summed E-state index contributed by atoms with van der Waals surface area (Å²) in [5.41, 5.74) is 13.2. The summed E-state index contributed by atoms with van der Waals surface area (Å²) in [4.78, 5) is 2.33. The van der Waals surface area contributed by atoms with Gasteiger partial charge in [-0.05, 0) is 116 Å². The number of rotatable bonds is 6. The first-order valence-corrected chi connectivity index (χ1v) is 21.6. The maximum absolute atomic E-state index is 6.43. The predicted molar refractivity (Wildman–Crippen MR) is 266 cm³/mol. The fraction of sp³-hybridized carbons (Fsp3) is 0. The monoisotopic (exact) mass is 802 g/mol. The molecule has 0 radical (unpaired) electrons. The van der Waals surface area contributed by atoms with Crippen LogP contribution in [-0.2, 0) is 0 Å². The van der Waals surface area contributed by atoms with E-state index in [9.17, 15) is 0 Å². The van der Waals surface area contributed by atoms with Gasteiger partial charge in [0.05, 0.1) is 11.0 Å². The Bertz CT molecular complexity index is 3900. The Morgan fingerprint density at radius 2 is 0.810 bits per heavy atom. The van der Waals surface area contributed by atoms with Crippen molar-refractivity contribution in [2.75, 3.05) is 4.90 Å². The number of aromatic nitrogens is 1. The highest BCUT2D eigenvalue weighted by Gasteiger charge is 2.19. The molecule has 0 spiro atoms. The third-order valence-corrected chi connectivity index (χ3v) is 13.0. The van der Waals surface area contributed by atoms with Crippen LogP contribution in [0, 0.1) is 0 Å². The number of fused-ring (bicyclic) bond motifs is 11. The molecule has 0 aliphatic heterocycles. The molecule has 3 heteroatoms. The first-order chi connectivity index (χ1) is 31.2. The Labute approximate surface area is 363 Å². The van der Waals surface area contributed by atoms with E-state index in [4.69, 9.17) is 4.42 Å². The molecule has 0 aliphatic rings. The molecule has 2 heterocycles. The average Bonchev–Trinajstić information content (AvgIpc) is 3.90. The van der Waals surface area contributed by atoms with E-state index in [0.717, 1.165) is 50.3 Å². The van der Waals surface area contributed by atoms with Crippen LogP contribution < -0.4 is 4.90 Å². The highest BCUT2D eigenvalue weighted by molar-refractivity contribution is 6.19. The molecule has 0 N–H and O–H groups in total. The minimum Gasteiger partial charge on any atom is -0.456 e. The number of hydrogen-bond donors (Lipinski definition) is 0. The van der Waals surface area contributed by atoms with Crippen molar-refractivity contribution >= 4 is 93.1 Å². The molecule has 13 rings (SSSR count). The summed E-state index contributed by atoms with van der Waals surface area (Å²) < 4.78 is 8.86. The van der Waals surface area contributed by atoms with Crippen molar-refractivity contribution in [2.45, 2.75) is 0 Å². The van der Waals surface area contributed by atoms with Gasteiger partial charge in [0.1, 0.15) is 11.2 Å². The molecule has 0 bridgehead atoms. The number of nitrogens with zero attached hydrogens (tertiary/aromatic N) is 2. The quantitative estimate of drug-likeness (QED) is 0.156. The van der Waals surface area contributed by atoms with Gasteiger partial charge in [0.15, 0.2) is 0 Å². The minimum absolute atomic E-state index is 0.866. The Balaban J connectivity index is 0.923. The third-order valence-electron chi connectivity index (χ3n) is 13.0. The zero-order chi connectivity index (χ0) is 41.4. The van der Waals surface area contributed by atoms with Gasteiger partial charge in [-0.25, -0.2) is 0 Å². The average molecular weight is 803 g/mol. The molecule has 0 aliphatic carbocycles. The van der Waals surface area contributed by atoms with Crippen LogP contribution in [0.1, 0.15) is 0 Å². The van der Waals surface area contributed by atoms with Crippen molar-refractivity contribution in [1.82, 2.24) is 4.57 Å². The number of hydrogen-bond acceptors (Lipinski definition) is 2. The molecule has 3 nitrogen and oxygen atoms in total. The largest absolute Gasteiger partial charge is 0.456 e. The van der Waals surface area contributed by atoms with Crippen LogP contribution in [0.3, 0.4) is 0 Å². The van der Waals surface area contributed by atoms with E-state index < -0.39 is 0 Å². The second-order valence-corrected chi connectivity index (χ2v) is 16.5. The first kappa shape index (κ1) is 35.4. The van der Waals surface area contributed by atoms with Gasteiger partial charge >= 0.3 is 0 Å². The van der Waals surface area contributed by atoms with Crippen LogP contribution >= 0.6 is 0 Å². The van der Waals surface area contributed by atoms with Gasteiger partial charge in [-0.2, -0.15) is 0 Å². The Morgan fingerprint density at radius 1 is 0.302 bits per heavy atom. The topological polar surface area (TPSA) is 21.3 Å². The Morgan fingerprint density at radius 3 is 1.57 bits per heavy atom. The van der Waals surface area contributed by atoms with Crippen molar-refractivity contribution in [3.05, 3.63) is 231 Å². The van der Waals surface area contributed by atoms with Crippen molar-refractivity contribution in [2.24, 2.45) is 0 Å². The second-order valence-electron chi connectivity index (χ2n) is 16.5. The van der Waals surface area contributed by atoms with E-state index in [2.05, 4.69) is 228 Å². The lowest BCUT2D eigenvalue weighted by atomic mass is 9.97. The van der Waals surface area contributed by atoms with Gasteiger partial charge in [-0.1, -0.05) is 158 Å². The van der Waals surface area contributed by atoms with Gasteiger partial charge in [0.25, 0.3) is 0 Å². The number of benzene rings is 11. The van der Waals surface area contributed by atoms with E-state index in [-0.39, 0.29) is 0 Å². The second kappa shape index (κ2) is 14.1. The molecule has 0 saturated carbocycles. The molecule has 0 atom stereocenters. The predicted octanol–water partition coefficient (Wildman–Crippen LogP) is 16.9. The molecular weight excluding hydrogens is 765 g/mol. The molecule has 0 fully saturated rings. The summed E-state index contributed by atoms with van der Waals surface area (Å²) in [6.45, 7) is 0. The molecule has 294 valence electrons. The van der Waals surface area contributed by atoms with Gasteiger partial charge in [0, 0.05) is 55.7 Å². The van der Waals surface area contributed by atoms with E-state index >= 15 is 0 Å². The zero-order valence-electron chi connectivity index (χ0n) is 34.2. The number of para-hydroxylation sites is 2. The molecule has 63 heavy (non-hydrogen) atoms. The number of anilines is 3. The standard InChI is InChI=1S/C60H38N2O/c1-2-12-46(13-3-1)62-57-37-45(27-33-52(57)55-34-26-42-11-5-7-15-51(42)60(55)62)40-24-30-48(31-25-40)61(49-32-35-54-53-16-8-9-17-58(53)63-59(54)38-49)47-28-22-39(23-29-47)44-21-20-43-19-18-41-10-4-6-14-50(41)56(43)36-44/h1-38H. The Kier molecular flexibility index (Phi) is 7.91. The number of furan rings is 1. The molecule has 0 saturated heterocycles. The fourth-order valence-electron chi connectivity index (χ4n) is 9.89. The van der Waals surface area contributed by atoms with Crippen molar-refractivity contribution in [3.63, 3.8) is 0 Å². The van der Waals surface area contributed by atoms with E-state index in [0.29, 0.717) is 0 Å². The van der Waals surface area contributed by atoms with Crippen LogP contribution in [0.5, 0.6) is 0 Å². The lowest BCUT2D eigenvalue weighted by Gasteiger charge is -2.26. The molecule has 0 amide bonds. The minimum atomic E-state index is 0.866. The molecule has 2 aromatic heterocycles. The first-order valence-electron chi connectivity index (χ1n) is 21.6. The van der Waals surface area contributed by atoms with Crippen LogP contribution in [0.2, 0.25) is 0 Å². The zero-order valence-corrected chi connectivity index (χ0v) is 34.2. The van der Waals surface area contributed by atoms with Gasteiger partial charge < -0.3 is 13.9 Å². The van der Waals surface area contributed by atoms with Crippen molar-refractivity contribution < 1.29 is 4.42 Å². The summed E-state index contributed by atoms with van der Waals surface area (Å²) in [5.74, 6) is 0. The SMILES string of the molecule is c1ccc(-n2c3cc(-c4ccc(N(c5ccc(-c6ccc7ccc8ccccc8c7c6)cc5)c5ccc6c(c5)oc5ccccc56)cc4)ccc3c3ccc4ccccc4c32)cc1. The highest BCUT2D eigenvalue weighted by atomic mass is 16.3. The lowest BCUT2D eigenvalue weighted by Crippen LogP contribution is -2.09. The van der Waals surface area contributed by atoms with Crippen molar-refractivity contribution in [1.29, 1.82) is 0 Å². The molecule has 11 aromatic carbocycles. The fourth-order valence-corrected chi connectivity index (χ4v) is 9.89. The maximum atomic E-state index is 6.43. The summed E-state index contributed by atoms with van der Waals surface area (Å²) in [5, 5.41) is 12.3. The van der Waals surface area contributed by atoms with Gasteiger partial charge in [-0.15, -0.1) is 0 Å². The van der Waals surface area contributed by atoms with Crippen LogP contribution in [0.25, 0.3) is 104 Å². The van der Waals surface area contributed by atoms with Gasteiger partial charge in [-0.3, -0.25) is 0 Å². The molecule has 0 unspecified atom stereocenters. The summed E-state index contributed by atoms with van der Waals surface area (Å²) in [7, 11) is 0. The van der Waals surface area contributed by atoms with Crippen molar-refractivity contribution in [3.8, 4) is 27.9 Å². The highest BCUT2D eigenvalue weighted by Crippen LogP contribution is 2.42. The van der Waals surface area contributed by atoms with Crippen LogP contribution in [0.4, 0.5) is 17.1 Å². The normalized spacial score (nSPS) is 11.8. The van der Waals surface area contributed by atoms with E-state index in [1.165, 1.54) is 70.8 Å². The maximum Gasteiger partial charge on any atom is 0.137 e. The molecule has 13 aromatic rings. The van der Waals surface area contributed by atoms with E-state index in [1.54, 1.807) is 0 Å². The van der Waals surface area contributed by atoms with Gasteiger partial charge in [0.2, 0.25) is 0 Å². The summed E-state index contributed by atoms with van der Waals surface area (Å²) in [6, 6.07) is 83.5. The summed E-state index contributed by atoms with van der Waals surface area (Å²) >= 11 is 0. The van der Waals surface area contributed by atoms with E-state index in [1.807, 2.05) is 12.1 Å². The van der Waals surface area contributed by atoms with Crippen LogP contribution in [-0.4, -0.2) is 4.57 Å².